The van der Waals surface area contributed by atoms with Crippen molar-refractivity contribution in [3.05, 3.63) is 10.6 Å². The molecule has 2 rings (SSSR count). The zero-order chi connectivity index (χ0) is 14.0. The smallest absolute Gasteiger partial charge is 0.356 e. The van der Waals surface area contributed by atoms with Crippen LogP contribution in [0.2, 0.25) is 0 Å². The summed E-state index contributed by atoms with van der Waals surface area (Å²) in [4.78, 5) is 31.3. The summed E-state index contributed by atoms with van der Waals surface area (Å²) in [6.07, 6.45) is 0. The van der Waals surface area contributed by atoms with E-state index in [1.165, 1.54) is 18.3 Å². The van der Waals surface area contributed by atoms with Crippen LogP contribution in [0.1, 0.15) is 34.0 Å². The predicted octanol–water partition coefficient (Wildman–Crippen LogP) is 1.19. The Balaban J connectivity index is 2.20. The highest BCUT2D eigenvalue weighted by atomic mass is 32.1. The van der Waals surface area contributed by atoms with Gasteiger partial charge in [0.25, 0.3) is 0 Å². The van der Waals surface area contributed by atoms with E-state index >= 15 is 0 Å². The third-order valence-corrected chi connectivity index (χ3v) is 4.45. The third kappa shape index (κ3) is 2.93. The molecule has 2 heterocycles. The predicted molar refractivity (Wildman–Crippen MR) is 73.4 cm³/mol. The second-order valence-corrected chi connectivity index (χ2v) is 5.43. The Morgan fingerprint density at radius 2 is 1.95 bits per heavy atom. The number of hydrogen-bond donors (Lipinski definition) is 1. The van der Waals surface area contributed by atoms with Gasteiger partial charge in [0, 0.05) is 33.1 Å². The number of carboxylic acids is 1. The minimum Gasteiger partial charge on any atom is -0.476 e. The Hall–Kier alpha value is -1.47. The minimum atomic E-state index is -1.14. The molecule has 104 valence electrons. The highest BCUT2D eigenvalue weighted by Gasteiger charge is 2.25. The van der Waals surface area contributed by atoms with E-state index in [0.29, 0.717) is 5.13 Å². The second-order valence-electron chi connectivity index (χ2n) is 4.46. The van der Waals surface area contributed by atoms with Crippen LogP contribution in [0.15, 0.2) is 0 Å². The lowest BCUT2D eigenvalue weighted by Gasteiger charge is -2.33. The Morgan fingerprint density at radius 1 is 1.32 bits per heavy atom. The maximum atomic E-state index is 11.4. The van der Waals surface area contributed by atoms with Crippen LogP contribution in [0.3, 0.4) is 0 Å². The van der Waals surface area contributed by atoms with Gasteiger partial charge in [-0.15, -0.1) is 0 Å². The quantitative estimate of drug-likeness (QED) is 0.837. The molecule has 1 N–H and O–H groups in total. The van der Waals surface area contributed by atoms with Crippen molar-refractivity contribution in [1.29, 1.82) is 0 Å². The molecule has 1 fully saturated rings. The van der Waals surface area contributed by atoms with Crippen LogP contribution in [0.4, 0.5) is 5.13 Å². The number of anilines is 1. The summed E-state index contributed by atoms with van der Waals surface area (Å²) < 4.78 is 0. The summed E-state index contributed by atoms with van der Waals surface area (Å²) in [6.45, 7) is 8.02. The molecule has 0 aromatic carbocycles. The molecule has 6 nitrogen and oxygen atoms in total. The fraction of sp³-hybridized carbons (Fsp3) is 0.583. The van der Waals surface area contributed by atoms with Crippen molar-refractivity contribution in [3.8, 4) is 0 Å². The zero-order valence-electron chi connectivity index (χ0n) is 11.0. The van der Waals surface area contributed by atoms with Crippen molar-refractivity contribution >= 4 is 28.2 Å². The maximum Gasteiger partial charge on any atom is 0.356 e. The van der Waals surface area contributed by atoms with Gasteiger partial charge in [0.1, 0.15) is 4.88 Å². The number of aromatic nitrogens is 1. The van der Waals surface area contributed by atoms with Gasteiger partial charge in [0.05, 0.1) is 0 Å². The lowest BCUT2D eigenvalue weighted by atomic mass is 10.3. The van der Waals surface area contributed by atoms with Gasteiger partial charge in [0.15, 0.2) is 16.6 Å². The second kappa shape index (κ2) is 5.66. The number of Topliss-reactive ketones (excluding diaryl/α,β-unsaturated/α-hetero) is 1. The monoisotopic (exact) mass is 283 g/mol. The average molecular weight is 283 g/mol. The van der Waals surface area contributed by atoms with E-state index in [1.54, 1.807) is 0 Å². The largest absolute Gasteiger partial charge is 0.476 e. The molecule has 1 aliphatic rings. The van der Waals surface area contributed by atoms with Gasteiger partial charge in [-0.2, -0.15) is 0 Å². The van der Waals surface area contributed by atoms with Crippen LogP contribution in [-0.2, 0) is 0 Å². The number of thiazole rings is 1. The molecule has 0 radical (unpaired) electrons. The summed E-state index contributed by atoms with van der Waals surface area (Å²) >= 11 is 1.18. The van der Waals surface area contributed by atoms with Crippen molar-refractivity contribution in [2.24, 2.45) is 0 Å². The van der Waals surface area contributed by atoms with Crippen LogP contribution in [-0.4, -0.2) is 59.5 Å². The first kappa shape index (κ1) is 14.0. The number of ketones is 1. The first-order chi connectivity index (χ1) is 9.02. The van der Waals surface area contributed by atoms with Crippen molar-refractivity contribution < 1.29 is 14.7 Å². The average Bonchev–Trinajstić information content (AvgIpc) is 2.84. The maximum absolute atomic E-state index is 11.4. The van der Waals surface area contributed by atoms with Crippen molar-refractivity contribution in [2.75, 3.05) is 37.6 Å². The summed E-state index contributed by atoms with van der Waals surface area (Å²) in [5.74, 6) is -1.38. The molecule has 1 aromatic heterocycles. The third-order valence-electron chi connectivity index (χ3n) is 3.23. The van der Waals surface area contributed by atoms with Gasteiger partial charge in [-0.25, -0.2) is 9.78 Å². The Labute approximate surface area is 115 Å². The minimum absolute atomic E-state index is 0.120. The van der Waals surface area contributed by atoms with Gasteiger partial charge < -0.3 is 14.9 Å². The molecule has 1 aromatic rings. The first-order valence-electron chi connectivity index (χ1n) is 6.25. The molecule has 0 bridgehead atoms. The number of carbonyl (C=O) groups excluding carboxylic acids is 1. The van der Waals surface area contributed by atoms with E-state index in [0.717, 1.165) is 32.7 Å². The fourth-order valence-electron chi connectivity index (χ4n) is 2.08. The van der Waals surface area contributed by atoms with Crippen LogP contribution in [0, 0.1) is 0 Å². The molecule has 1 saturated heterocycles. The van der Waals surface area contributed by atoms with E-state index in [9.17, 15) is 9.59 Å². The molecule has 0 saturated carbocycles. The summed E-state index contributed by atoms with van der Waals surface area (Å²) in [7, 11) is 0. The fourth-order valence-corrected chi connectivity index (χ4v) is 3.09. The molecule has 1 aliphatic heterocycles. The number of carbonyl (C=O) groups is 2. The number of nitrogens with zero attached hydrogens (tertiary/aromatic N) is 3. The number of hydrogen-bond acceptors (Lipinski definition) is 6. The molecule has 0 unspecified atom stereocenters. The van der Waals surface area contributed by atoms with E-state index < -0.39 is 5.97 Å². The van der Waals surface area contributed by atoms with Gasteiger partial charge in [0.2, 0.25) is 0 Å². The number of likely N-dealkylation sites (N-methyl/N-ethyl adjacent to an activating group) is 1. The van der Waals surface area contributed by atoms with Gasteiger partial charge >= 0.3 is 5.97 Å². The number of piperazine rings is 1. The molecule has 7 heteroatoms. The van der Waals surface area contributed by atoms with Crippen molar-refractivity contribution in [1.82, 2.24) is 9.88 Å². The first-order valence-corrected chi connectivity index (χ1v) is 7.07. The number of aromatic carboxylic acids is 1. The number of rotatable bonds is 4. The van der Waals surface area contributed by atoms with Gasteiger partial charge in [-0.1, -0.05) is 18.3 Å². The Bertz CT molecular complexity index is 461. The van der Waals surface area contributed by atoms with Gasteiger partial charge in [-0.05, 0) is 6.54 Å². The molecule has 0 atom stereocenters. The van der Waals surface area contributed by atoms with Crippen LogP contribution < -0.4 is 4.90 Å². The lowest BCUT2D eigenvalue weighted by molar-refractivity contribution is 0.0687. The van der Waals surface area contributed by atoms with Crippen molar-refractivity contribution in [3.63, 3.8) is 0 Å². The molecular formula is C12H17N3O3S. The van der Waals surface area contributed by atoms with Gasteiger partial charge in [-0.3, -0.25) is 4.79 Å². The SMILES string of the molecule is CCN1CCN(c2nc(C(=O)O)c(C(C)=O)s2)CC1. The van der Waals surface area contributed by atoms with E-state index in [-0.39, 0.29) is 16.4 Å². The highest BCUT2D eigenvalue weighted by molar-refractivity contribution is 7.17. The number of carboxylic acid groups (broad SMARTS) is 1. The normalized spacial score (nSPS) is 16.6. The molecule has 0 spiro atoms. The standard InChI is InChI=1S/C12H17N3O3S/c1-3-14-4-6-15(7-5-14)12-13-9(11(17)18)10(19-12)8(2)16/h3-7H2,1-2H3,(H,17,18). The van der Waals surface area contributed by atoms with Crippen LogP contribution >= 0.6 is 11.3 Å². The van der Waals surface area contributed by atoms with E-state index in [1.807, 2.05) is 0 Å². The van der Waals surface area contributed by atoms with E-state index in [2.05, 4.69) is 21.7 Å². The highest BCUT2D eigenvalue weighted by Crippen LogP contribution is 2.27. The molecule has 0 aliphatic carbocycles. The zero-order valence-corrected chi connectivity index (χ0v) is 11.9. The summed E-state index contributed by atoms with van der Waals surface area (Å²) in [6, 6.07) is 0. The molecular weight excluding hydrogens is 266 g/mol. The Kier molecular flexibility index (Phi) is 4.16. The lowest BCUT2D eigenvalue weighted by Crippen LogP contribution is -2.46. The molecule has 0 amide bonds. The Morgan fingerprint density at radius 3 is 2.37 bits per heavy atom. The van der Waals surface area contributed by atoms with E-state index in [4.69, 9.17) is 5.11 Å². The topological polar surface area (TPSA) is 73.7 Å². The molecule has 19 heavy (non-hydrogen) atoms. The summed E-state index contributed by atoms with van der Waals surface area (Å²) in [5, 5.41) is 9.71. The summed E-state index contributed by atoms with van der Waals surface area (Å²) in [5.41, 5.74) is -0.120. The van der Waals surface area contributed by atoms with Crippen LogP contribution in [0.25, 0.3) is 0 Å². The van der Waals surface area contributed by atoms with Crippen molar-refractivity contribution in [2.45, 2.75) is 13.8 Å². The van der Waals surface area contributed by atoms with Crippen LogP contribution in [0.5, 0.6) is 0 Å².